The Bertz CT molecular complexity index is 635. The quantitative estimate of drug-likeness (QED) is 0.854. The Morgan fingerprint density at radius 3 is 2.52 bits per heavy atom. The summed E-state index contributed by atoms with van der Waals surface area (Å²) in [5.74, 6) is -0.0857. The molecule has 21 heavy (non-hydrogen) atoms. The highest BCUT2D eigenvalue weighted by Crippen LogP contribution is 2.19. The zero-order valence-corrected chi connectivity index (χ0v) is 12.9. The van der Waals surface area contributed by atoms with Crippen LogP contribution in [0.3, 0.4) is 0 Å². The van der Waals surface area contributed by atoms with E-state index in [1.165, 1.54) is 11.1 Å². The number of rotatable bonds is 5. The highest BCUT2D eigenvalue weighted by molar-refractivity contribution is 6.08. The van der Waals surface area contributed by atoms with Gasteiger partial charge in [0.2, 0.25) is 0 Å². The molecule has 0 aliphatic heterocycles. The van der Waals surface area contributed by atoms with Crippen LogP contribution in [0.15, 0.2) is 42.5 Å². The Morgan fingerprint density at radius 1 is 1.05 bits per heavy atom. The lowest BCUT2D eigenvalue weighted by atomic mass is 10.1. The van der Waals surface area contributed by atoms with Crippen LogP contribution in [0.1, 0.15) is 34.8 Å². The molecule has 0 fully saturated rings. The predicted octanol–water partition coefficient (Wildman–Crippen LogP) is 4.38. The van der Waals surface area contributed by atoms with Crippen molar-refractivity contribution in [2.24, 2.45) is 0 Å². The Morgan fingerprint density at radius 2 is 1.81 bits per heavy atom. The van der Waals surface area contributed by atoms with Gasteiger partial charge in [0.1, 0.15) is 0 Å². The standard InChI is InChI=1S/C18H22N2O/c1-4-11-19-17-8-6-5-7-16(17)18(21)20-15-10-9-13(2)14(3)12-15/h5-10,12,19H,4,11H2,1-3H3,(H,20,21). The smallest absolute Gasteiger partial charge is 0.257 e. The van der Waals surface area contributed by atoms with Gasteiger partial charge < -0.3 is 10.6 Å². The van der Waals surface area contributed by atoms with E-state index in [-0.39, 0.29) is 5.91 Å². The van der Waals surface area contributed by atoms with Gasteiger partial charge in [-0.25, -0.2) is 0 Å². The van der Waals surface area contributed by atoms with Gasteiger partial charge in [-0.05, 0) is 55.7 Å². The number of hydrogen-bond donors (Lipinski definition) is 2. The maximum absolute atomic E-state index is 12.4. The normalized spacial score (nSPS) is 10.2. The molecule has 110 valence electrons. The summed E-state index contributed by atoms with van der Waals surface area (Å²) in [4.78, 5) is 12.4. The van der Waals surface area contributed by atoms with E-state index in [2.05, 4.69) is 24.5 Å². The summed E-state index contributed by atoms with van der Waals surface area (Å²) in [7, 11) is 0. The molecule has 3 nitrogen and oxygen atoms in total. The van der Waals surface area contributed by atoms with Gasteiger partial charge >= 0.3 is 0 Å². The number of nitrogens with one attached hydrogen (secondary N) is 2. The number of anilines is 2. The molecule has 0 aromatic heterocycles. The Hall–Kier alpha value is -2.29. The van der Waals surface area contributed by atoms with Gasteiger partial charge in [0.25, 0.3) is 5.91 Å². The molecule has 1 amide bonds. The molecule has 0 saturated carbocycles. The third kappa shape index (κ3) is 3.85. The van der Waals surface area contributed by atoms with E-state index in [0.717, 1.165) is 24.3 Å². The minimum Gasteiger partial charge on any atom is -0.384 e. The molecular weight excluding hydrogens is 260 g/mol. The molecule has 0 saturated heterocycles. The van der Waals surface area contributed by atoms with Gasteiger partial charge in [-0.1, -0.05) is 25.1 Å². The van der Waals surface area contributed by atoms with E-state index in [1.54, 1.807) is 0 Å². The summed E-state index contributed by atoms with van der Waals surface area (Å²) in [6.45, 7) is 7.06. The summed E-state index contributed by atoms with van der Waals surface area (Å²) in [6.07, 6.45) is 1.02. The summed E-state index contributed by atoms with van der Waals surface area (Å²) >= 11 is 0. The minimum atomic E-state index is -0.0857. The first kappa shape index (κ1) is 15.1. The molecule has 2 aromatic rings. The highest BCUT2D eigenvalue weighted by Gasteiger charge is 2.11. The van der Waals surface area contributed by atoms with E-state index in [9.17, 15) is 4.79 Å². The first-order valence-corrected chi connectivity index (χ1v) is 7.33. The molecule has 0 atom stereocenters. The van der Waals surface area contributed by atoms with Crippen molar-refractivity contribution in [2.45, 2.75) is 27.2 Å². The maximum atomic E-state index is 12.4. The van der Waals surface area contributed by atoms with Gasteiger partial charge in [0, 0.05) is 17.9 Å². The number of carbonyl (C=O) groups is 1. The van der Waals surface area contributed by atoms with Crippen LogP contribution in [-0.4, -0.2) is 12.5 Å². The summed E-state index contributed by atoms with van der Waals surface area (Å²) in [6, 6.07) is 13.5. The Labute approximate surface area is 126 Å². The van der Waals surface area contributed by atoms with E-state index in [1.807, 2.05) is 49.4 Å². The monoisotopic (exact) mass is 282 g/mol. The van der Waals surface area contributed by atoms with Crippen molar-refractivity contribution in [1.82, 2.24) is 0 Å². The molecule has 0 spiro atoms. The minimum absolute atomic E-state index is 0.0857. The van der Waals surface area contributed by atoms with Crippen molar-refractivity contribution in [2.75, 3.05) is 17.2 Å². The second kappa shape index (κ2) is 6.93. The lowest BCUT2D eigenvalue weighted by Crippen LogP contribution is -2.15. The summed E-state index contributed by atoms with van der Waals surface area (Å²) in [5.41, 5.74) is 4.77. The second-order valence-corrected chi connectivity index (χ2v) is 5.23. The number of para-hydroxylation sites is 1. The maximum Gasteiger partial charge on any atom is 0.257 e. The topological polar surface area (TPSA) is 41.1 Å². The molecule has 0 bridgehead atoms. The van der Waals surface area contributed by atoms with Gasteiger partial charge in [-0.15, -0.1) is 0 Å². The summed E-state index contributed by atoms with van der Waals surface area (Å²) < 4.78 is 0. The van der Waals surface area contributed by atoms with Crippen LogP contribution in [0.4, 0.5) is 11.4 Å². The third-order valence-electron chi connectivity index (χ3n) is 3.50. The number of amides is 1. The van der Waals surface area contributed by atoms with Crippen LogP contribution in [-0.2, 0) is 0 Å². The van der Waals surface area contributed by atoms with Gasteiger partial charge in [0.15, 0.2) is 0 Å². The van der Waals surface area contributed by atoms with E-state index in [0.29, 0.717) is 5.56 Å². The fourth-order valence-corrected chi connectivity index (χ4v) is 2.11. The molecule has 0 heterocycles. The summed E-state index contributed by atoms with van der Waals surface area (Å²) in [5, 5.41) is 6.25. The number of benzene rings is 2. The van der Waals surface area contributed by atoms with Crippen molar-refractivity contribution in [1.29, 1.82) is 0 Å². The van der Waals surface area contributed by atoms with Gasteiger partial charge in [-0.2, -0.15) is 0 Å². The van der Waals surface area contributed by atoms with E-state index < -0.39 is 0 Å². The first-order valence-electron chi connectivity index (χ1n) is 7.33. The highest BCUT2D eigenvalue weighted by atomic mass is 16.1. The van der Waals surface area contributed by atoms with Crippen molar-refractivity contribution in [3.8, 4) is 0 Å². The van der Waals surface area contributed by atoms with Crippen LogP contribution >= 0.6 is 0 Å². The van der Waals surface area contributed by atoms with Crippen molar-refractivity contribution in [3.05, 3.63) is 59.2 Å². The molecule has 0 radical (unpaired) electrons. The van der Waals surface area contributed by atoms with Crippen molar-refractivity contribution >= 4 is 17.3 Å². The molecule has 0 aliphatic carbocycles. The third-order valence-corrected chi connectivity index (χ3v) is 3.50. The molecular formula is C18H22N2O. The first-order chi connectivity index (χ1) is 10.1. The van der Waals surface area contributed by atoms with E-state index >= 15 is 0 Å². The molecule has 2 aromatic carbocycles. The average molecular weight is 282 g/mol. The Balaban J connectivity index is 2.18. The largest absolute Gasteiger partial charge is 0.384 e. The van der Waals surface area contributed by atoms with Gasteiger partial charge in [-0.3, -0.25) is 4.79 Å². The predicted molar refractivity (Wildman–Crippen MR) is 89.1 cm³/mol. The Kier molecular flexibility index (Phi) is 4.99. The number of aryl methyl sites for hydroxylation is 2. The molecule has 0 aliphatic rings. The average Bonchev–Trinajstić information content (AvgIpc) is 2.49. The molecule has 3 heteroatoms. The zero-order valence-electron chi connectivity index (χ0n) is 12.9. The fourth-order valence-electron chi connectivity index (χ4n) is 2.11. The zero-order chi connectivity index (χ0) is 15.2. The fraction of sp³-hybridized carbons (Fsp3) is 0.278. The van der Waals surface area contributed by atoms with Crippen LogP contribution in [0.2, 0.25) is 0 Å². The van der Waals surface area contributed by atoms with Crippen molar-refractivity contribution < 1.29 is 4.79 Å². The SMILES string of the molecule is CCCNc1ccccc1C(=O)Nc1ccc(C)c(C)c1. The molecule has 0 unspecified atom stereocenters. The van der Waals surface area contributed by atoms with Crippen LogP contribution < -0.4 is 10.6 Å². The number of carbonyl (C=O) groups excluding carboxylic acids is 1. The van der Waals surface area contributed by atoms with Crippen molar-refractivity contribution in [3.63, 3.8) is 0 Å². The lowest BCUT2D eigenvalue weighted by Gasteiger charge is -2.12. The van der Waals surface area contributed by atoms with Crippen LogP contribution in [0.25, 0.3) is 0 Å². The van der Waals surface area contributed by atoms with Crippen LogP contribution in [0, 0.1) is 13.8 Å². The van der Waals surface area contributed by atoms with E-state index in [4.69, 9.17) is 0 Å². The second-order valence-electron chi connectivity index (χ2n) is 5.23. The molecule has 2 rings (SSSR count). The molecule has 2 N–H and O–H groups in total. The lowest BCUT2D eigenvalue weighted by molar-refractivity contribution is 0.102. The van der Waals surface area contributed by atoms with Crippen LogP contribution in [0.5, 0.6) is 0 Å². The number of hydrogen-bond acceptors (Lipinski definition) is 2. The van der Waals surface area contributed by atoms with Gasteiger partial charge in [0.05, 0.1) is 5.56 Å².